The Bertz CT molecular complexity index is 716. The Hall–Kier alpha value is -2.23. The molecule has 1 aromatic carbocycles. The molecule has 0 aliphatic heterocycles. The molecule has 0 saturated carbocycles. The number of nitro groups is 1. The molecule has 1 aromatic heterocycles. The van der Waals surface area contributed by atoms with Gasteiger partial charge in [-0.05, 0) is 30.5 Å². The number of nitrogens with zero attached hydrogens (tertiary/aromatic N) is 2. The Morgan fingerprint density at radius 3 is 2.45 bits per heavy atom. The summed E-state index contributed by atoms with van der Waals surface area (Å²) in [6, 6.07) is 7.48. The van der Waals surface area contributed by atoms with E-state index in [0.717, 1.165) is 28.8 Å². The van der Waals surface area contributed by atoms with E-state index in [1.807, 2.05) is 12.3 Å². The zero-order valence-electron chi connectivity index (χ0n) is 13.8. The molecule has 1 heterocycles. The van der Waals surface area contributed by atoms with Crippen molar-refractivity contribution in [3.8, 4) is 11.1 Å². The highest BCUT2D eigenvalue weighted by Crippen LogP contribution is 2.31. The molecule has 2 aromatic rings. The van der Waals surface area contributed by atoms with Crippen molar-refractivity contribution < 1.29 is 4.92 Å². The van der Waals surface area contributed by atoms with Crippen molar-refractivity contribution in [3.05, 3.63) is 57.4 Å². The normalized spacial score (nSPS) is 11.5. The highest BCUT2D eigenvalue weighted by atomic mass is 16.6. The molecule has 0 aliphatic carbocycles. The van der Waals surface area contributed by atoms with Crippen LogP contribution in [0.4, 0.5) is 5.69 Å². The topological polar surface area (TPSA) is 56.0 Å². The van der Waals surface area contributed by atoms with Crippen LogP contribution >= 0.6 is 0 Å². The molecule has 0 fully saturated rings. The first kappa shape index (κ1) is 16.1. The molecule has 22 heavy (non-hydrogen) atoms. The van der Waals surface area contributed by atoms with Crippen LogP contribution in [0.1, 0.15) is 44.5 Å². The maximum atomic E-state index is 11.1. The molecule has 0 radical (unpaired) electrons. The zero-order valence-corrected chi connectivity index (χ0v) is 13.8. The molecule has 0 aliphatic rings. The number of hydrogen-bond acceptors (Lipinski definition) is 3. The average molecular weight is 298 g/mol. The Morgan fingerprint density at radius 2 is 1.91 bits per heavy atom. The molecular formula is C18H22N2O2. The van der Waals surface area contributed by atoms with Crippen LogP contribution in [-0.4, -0.2) is 9.91 Å². The minimum atomic E-state index is -0.332. The number of nitro benzene ring substituents is 1. The highest BCUT2D eigenvalue weighted by molar-refractivity contribution is 5.70. The van der Waals surface area contributed by atoms with E-state index in [0.29, 0.717) is 5.56 Å². The standard InChI is InChI=1S/C18H22N2O2/c1-6-13-10-17(18(3,4)5)19-11-15(13)14-8-7-12(2)16(9-14)20(21)22/h7-11H,6H2,1-5H3. The van der Waals surface area contributed by atoms with Gasteiger partial charge in [-0.25, -0.2) is 0 Å². The van der Waals surface area contributed by atoms with E-state index in [-0.39, 0.29) is 16.0 Å². The van der Waals surface area contributed by atoms with Crippen LogP contribution in [0.25, 0.3) is 11.1 Å². The largest absolute Gasteiger partial charge is 0.272 e. The quantitative estimate of drug-likeness (QED) is 0.602. The summed E-state index contributed by atoms with van der Waals surface area (Å²) in [7, 11) is 0. The van der Waals surface area contributed by atoms with E-state index in [1.54, 1.807) is 19.1 Å². The second kappa shape index (κ2) is 5.87. The molecular weight excluding hydrogens is 276 g/mol. The zero-order chi connectivity index (χ0) is 16.5. The van der Waals surface area contributed by atoms with Gasteiger partial charge in [0, 0.05) is 34.5 Å². The smallest absolute Gasteiger partial charge is 0.260 e. The van der Waals surface area contributed by atoms with Gasteiger partial charge in [0.2, 0.25) is 0 Å². The molecule has 0 saturated heterocycles. The fraction of sp³-hybridized carbons (Fsp3) is 0.389. The van der Waals surface area contributed by atoms with E-state index < -0.39 is 0 Å². The first-order chi connectivity index (χ1) is 10.2. The summed E-state index contributed by atoms with van der Waals surface area (Å²) < 4.78 is 0. The van der Waals surface area contributed by atoms with Crippen molar-refractivity contribution in [3.63, 3.8) is 0 Å². The Labute approximate surface area is 131 Å². The van der Waals surface area contributed by atoms with Crippen molar-refractivity contribution in [1.29, 1.82) is 0 Å². The molecule has 0 bridgehead atoms. The van der Waals surface area contributed by atoms with Crippen molar-refractivity contribution in [2.45, 2.75) is 46.5 Å². The minimum absolute atomic E-state index is 0.0122. The molecule has 0 N–H and O–H groups in total. The van der Waals surface area contributed by atoms with Crippen LogP contribution in [-0.2, 0) is 11.8 Å². The number of rotatable bonds is 3. The van der Waals surface area contributed by atoms with Crippen LogP contribution in [0.5, 0.6) is 0 Å². The monoisotopic (exact) mass is 298 g/mol. The summed E-state index contributed by atoms with van der Waals surface area (Å²) in [5, 5.41) is 11.1. The first-order valence-electron chi connectivity index (χ1n) is 7.49. The number of hydrogen-bond donors (Lipinski definition) is 0. The van der Waals surface area contributed by atoms with Gasteiger partial charge in [0.15, 0.2) is 0 Å². The predicted octanol–water partition coefficient (Wildman–Crippen LogP) is 4.83. The number of benzene rings is 1. The minimum Gasteiger partial charge on any atom is -0.260 e. The molecule has 0 amide bonds. The predicted molar refractivity (Wildman–Crippen MR) is 89.1 cm³/mol. The van der Waals surface area contributed by atoms with Crippen molar-refractivity contribution in [2.24, 2.45) is 0 Å². The molecule has 2 rings (SSSR count). The third-order valence-electron chi connectivity index (χ3n) is 3.86. The molecule has 0 spiro atoms. The lowest BCUT2D eigenvalue weighted by Gasteiger charge is -2.20. The SMILES string of the molecule is CCc1cc(C(C)(C)C)ncc1-c1ccc(C)c([N+](=O)[O-])c1. The fourth-order valence-electron chi connectivity index (χ4n) is 2.43. The van der Waals surface area contributed by atoms with Gasteiger partial charge in [0.1, 0.15) is 0 Å². The molecule has 4 nitrogen and oxygen atoms in total. The van der Waals surface area contributed by atoms with Crippen molar-refractivity contribution >= 4 is 5.69 Å². The van der Waals surface area contributed by atoms with Gasteiger partial charge in [-0.3, -0.25) is 15.1 Å². The Kier molecular flexibility index (Phi) is 4.31. The van der Waals surface area contributed by atoms with Gasteiger partial charge >= 0.3 is 0 Å². The third kappa shape index (κ3) is 3.16. The summed E-state index contributed by atoms with van der Waals surface area (Å²) in [6.45, 7) is 10.2. The summed E-state index contributed by atoms with van der Waals surface area (Å²) in [5.74, 6) is 0. The van der Waals surface area contributed by atoms with Crippen LogP contribution in [0.15, 0.2) is 30.5 Å². The van der Waals surface area contributed by atoms with Gasteiger partial charge in [0.05, 0.1) is 4.92 Å². The van der Waals surface area contributed by atoms with E-state index in [2.05, 4.69) is 38.7 Å². The molecule has 0 atom stereocenters. The van der Waals surface area contributed by atoms with E-state index >= 15 is 0 Å². The number of aromatic nitrogens is 1. The van der Waals surface area contributed by atoms with E-state index in [1.165, 1.54) is 0 Å². The summed E-state index contributed by atoms with van der Waals surface area (Å²) >= 11 is 0. The van der Waals surface area contributed by atoms with Crippen molar-refractivity contribution in [2.75, 3.05) is 0 Å². The van der Waals surface area contributed by atoms with Gasteiger partial charge < -0.3 is 0 Å². The number of aryl methyl sites for hydroxylation is 2. The lowest BCUT2D eigenvalue weighted by molar-refractivity contribution is -0.385. The maximum absolute atomic E-state index is 11.1. The van der Waals surface area contributed by atoms with Crippen LogP contribution in [0.2, 0.25) is 0 Å². The van der Waals surface area contributed by atoms with Crippen LogP contribution in [0, 0.1) is 17.0 Å². The average Bonchev–Trinajstić information content (AvgIpc) is 2.46. The molecule has 4 heteroatoms. The van der Waals surface area contributed by atoms with Crippen LogP contribution < -0.4 is 0 Å². The van der Waals surface area contributed by atoms with Gasteiger partial charge in [-0.1, -0.05) is 39.8 Å². The highest BCUT2D eigenvalue weighted by Gasteiger charge is 2.18. The fourth-order valence-corrected chi connectivity index (χ4v) is 2.43. The summed E-state index contributed by atoms with van der Waals surface area (Å²) in [6.07, 6.45) is 2.70. The molecule has 0 unspecified atom stereocenters. The van der Waals surface area contributed by atoms with E-state index in [9.17, 15) is 10.1 Å². The first-order valence-corrected chi connectivity index (χ1v) is 7.49. The van der Waals surface area contributed by atoms with Crippen molar-refractivity contribution in [1.82, 2.24) is 4.98 Å². The van der Waals surface area contributed by atoms with Gasteiger partial charge in [0.25, 0.3) is 5.69 Å². The summed E-state index contributed by atoms with van der Waals surface area (Å²) in [5.41, 5.74) is 4.83. The Morgan fingerprint density at radius 1 is 1.23 bits per heavy atom. The maximum Gasteiger partial charge on any atom is 0.272 e. The van der Waals surface area contributed by atoms with E-state index in [4.69, 9.17) is 0 Å². The lowest BCUT2D eigenvalue weighted by atomic mass is 9.88. The summed E-state index contributed by atoms with van der Waals surface area (Å²) in [4.78, 5) is 15.4. The lowest BCUT2D eigenvalue weighted by Crippen LogP contribution is -2.14. The van der Waals surface area contributed by atoms with Gasteiger partial charge in [-0.2, -0.15) is 0 Å². The van der Waals surface area contributed by atoms with Gasteiger partial charge in [-0.15, -0.1) is 0 Å². The molecule has 116 valence electrons. The van der Waals surface area contributed by atoms with Crippen LogP contribution in [0.3, 0.4) is 0 Å². The Balaban J connectivity index is 2.58. The number of pyridine rings is 1. The second-order valence-corrected chi connectivity index (χ2v) is 6.59. The third-order valence-corrected chi connectivity index (χ3v) is 3.86. The second-order valence-electron chi connectivity index (χ2n) is 6.59.